The van der Waals surface area contributed by atoms with Crippen LogP contribution >= 0.6 is 0 Å². The summed E-state index contributed by atoms with van der Waals surface area (Å²) >= 11 is 0. The van der Waals surface area contributed by atoms with E-state index in [-0.39, 0.29) is 11.5 Å². The van der Waals surface area contributed by atoms with Crippen molar-refractivity contribution in [2.24, 2.45) is 0 Å². The van der Waals surface area contributed by atoms with Crippen molar-refractivity contribution < 1.29 is 8.78 Å². The van der Waals surface area contributed by atoms with Crippen LogP contribution in [0.3, 0.4) is 0 Å². The normalized spacial score (nSPS) is 16.6. The number of imidazole rings is 1. The summed E-state index contributed by atoms with van der Waals surface area (Å²) in [6.07, 6.45) is 8.35. The number of aromatic amines is 1. The van der Waals surface area contributed by atoms with Gasteiger partial charge in [-0.25, -0.2) is 13.8 Å². The van der Waals surface area contributed by atoms with Gasteiger partial charge in [0.2, 0.25) is 0 Å². The first-order valence-corrected chi connectivity index (χ1v) is 11.5. The maximum atomic E-state index is 16.0. The Kier molecular flexibility index (Phi) is 5.04. The molecule has 0 saturated carbocycles. The molecule has 0 fully saturated rings. The molecular weight excluding hydrogens is 460 g/mol. The fraction of sp³-hybridized carbons (Fsp3) is 0.185. The zero-order valence-corrected chi connectivity index (χ0v) is 20.0. The Morgan fingerprint density at radius 2 is 1.81 bits per heavy atom. The van der Waals surface area contributed by atoms with Crippen molar-refractivity contribution in [2.45, 2.75) is 19.0 Å². The van der Waals surface area contributed by atoms with Gasteiger partial charge in [-0.05, 0) is 50.3 Å². The average Bonchev–Trinajstić information content (AvgIpc) is 3.28. The van der Waals surface area contributed by atoms with Crippen LogP contribution < -0.4 is 5.32 Å². The highest BCUT2D eigenvalue weighted by Gasteiger charge is 2.46. The maximum Gasteiger partial charge on any atom is 0.157 e. The second-order valence-corrected chi connectivity index (χ2v) is 9.46. The molecule has 5 heterocycles. The lowest BCUT2D eigenvalue weighted by molar-refractivity contribution is 0.402. The van der Waals surface area contributed by atoms with Crippen molar-refractivity contribution in [1.29, 1.82) is 0 Å². The van der Waals surface area contributed by atoms with Crippen LogP contribution in [0.5, 0.6) is 0 Å². The summed E-state index contributed by atoms with van der Waals surface area (Å²) in [4.78, 5) is 23.1. The minimum absolute atomic E-state index is 0.243. The SMILES string of the molecule is CN(C)Cc1cncc(-c2ncc3c(c2F)C(C)(c2nc4c(-c5cccc(F)c5)cncc4[nH]2)N3)c1. The fourth-order valence-electron chi connectivity index (χ4n) is 4.82. The summed E-state index contributed by atoms with van der Waals surface area (Å²) in [5.74, 6) is -0.222. The molecule has 0 saturated heterocycles. The number of nitrogens with one attached hydrogen (secondary N) is 2. The van der Waals surface area contributed by atoms with Crippen LogP contribution in [0.25, 0.3) is 33.4 Å². The van der Waals surface area contributed by atoms with E-state index in [1.165, 1.54) is 12.1 Å². The van der Waals surface area contributed by atoms with Gasteiger partial charge in [0.15, 0.2) is 5.82 Å². The van der Waals surface area contributed by atoms with Crippen molar-refractivity contribution in [3.63, 3.8) is 0 Å². The van der Waals surface area contributed by atoms with E-state index in [9.17, 15) is 4.39 Å². The van der Waals surface area contributed by atoms with Gasteiger partial charge < -0.3 is 15.2 Å². The first-order valence-electron chi connectivity index (χ1n) is 11.5. The number of hydrogen-bond acceptors (Lipinski definition) is 6. The lowest BCUT2D eigenvalue weighted by atomic mass is 9.81. The summed E-state index contributed by atoms with van der Waals surface area (Å²) in [5.41, 5.74) is 4.68. The van der Waals surface area contributed by atoms with Crippen LogP contribution in [0.1, 0.15) is 23.9 Å². The number of anilines is 1. The van der Waals surface area contributed by atoms with Gasteiger partial charge in [-0.1, -0.05) is 12.1 Å². The molecule has 6 rings (SSSR count). The number of hydrogen-bond donors (Lipinski definition) is 2. The van der Waals surface area contributed by atoms with Gasteiger partial charge in [-0.3, -0.25) is 15.0 Å². The van der Waals surface area contributed by atoms with Crippen molar-refractivity contribution in [2.75, 3.05) is 19.4 Å². The Hall–Kier alpha value is -4.24. The van der Waals surface area contributed by atoms with Crippen LogP contribution in [0.15, 0.2) is 61.3 Å². The standard InChI is InChI=1S/C27H23F2N7/c1-27(26-33-21-12-31-11-19(25(21)34-26)16-5-4-6-18(28)8-16)22-20(35-27)13-32-24(23(22)29)17-7-15(9-30-10-17)14-36(2)3/h4-13,35H,14H2,1-3H3,(H,33,34). The van der Waals surface area contributed by atoms with E-state index >= 15 is 4.39 Å². The number of nitrogens with zero attached hydrogens (tertiary/aromatic N) is 5. The Morgan fingerprint density at radius 1 is 0.972 bits per heavy atom. The smallest absolute Gasteiger partial charge is 0.157 e. The van der Waals surface area contributed by atoms with Crippen LogP contribution in [0, 0.1) is 11.6 Å². The minimum Gasteiger partial charge on any atom is -0.367 e. The molecule has 7 nitrogen and oxygen atoms in total. The molecular formula is C27H23F2N7. The molecule has 5 aromatic rings. The summed E-state index contributed by atoms with van der Waals surface area (Å²) in [5, 5.41) is 3.30. The summed E-state index contributed by atoms with van der Waals surface area (Å²) in [6.45, 7) is 2.56. The third kappa shape index (κ3) is 3.51. The van der Waals surface area contributed by atoms with Crippen LogP contribution in [0.4, 0.5) is 14.5 Å². The molecule has 0 spiro atoms. The molecule has 4 aromatic heterocycles. The molecule has 0 bridgehead atoms. The van der Waals surface area contributed by atoms with Crippen molar-refractivity contribution in [1.82, 2.24) is 29.8 Å². The second kappa shape index (κ2) is 8.17. The molecule has 1 atom stereocenters. The molecule has 9 heteroatoms. The van der Waals surface area contributed by atoms with E-state index in [1.807, 2.05) is 38.1 Å². The van der Waals surface area contributed by atoms with Gasteiger partial charge in [0, 0.05) is 41.8 Å². The molecule has 0 radical (unpaired) electrons. The summed E-state index contributed by atoms with van der Waals surface area (Å²) in [7, 11) is 3.94. The molecule has 36 heavy (non-hydrogen) atoms. The largest absolute Gasteiger partial charge is 0.367 e. The fourth-order valence-corrected chi connectivity index (χ4v) is 4.82. The van der Waals surface area contributed by atoms with Crippen molar-refractivity contribution in [3.05, 3.63) is 89.9 Å². The van der Waals surface area contributed by atoms with E-state index in [4.69, 9.17) is 4.98 Å². The number of pyridine rings is 3. The molecule has 1 aromatic carbocycles. The summed E-state index contributed by atoms with van der Waals surface area (Å²) < 4.78 is 29.9. The number of fused-ring (bicyclic) bond motifs is 2. The Balaban J connectivity index is 1.43. The van der Waals surface area contributed by atoms with Gasteiger partial charge in [0.1, 0.15) is 22.9 Å². The van der Waals surface area contributed by atoms with E-state index in [2.05, 4.69) is 25.3 Å². The Morgan fingerprint density at radius 3 is 2.61 bits per heavy atom. The molecule has 2 N–H and O–H groups in total. The van der Waals surface area contributed by atoms with Crippen LogP contribution in [0.2, 0.25) is 0 Å². The Labute approximate surface area is 206 Å². The van der Waals surface area contributed by atoms with Gasteiger partial charge >= 0.3 is 0 Å². The molecule has 180 valence electrons. The zero-order chi connectivity index (χ0) is 25.0. The highest BCUT2D eigenvalue weighted by molar-refractivity contribution is 5.91. The highest BCUT2D eigenvalue weighted by atomic mass is 19.1. The summed E-state index contributed by atoms with van der Waals surface area (Å²) in [6, 6.07) is 8.20. The highest BCUT2D eigenvalue weighted by Crippen LogP contribution is 2.48. The monoisotopic (exact) mass is 483 g/mol. The molecule has 0 amide bonds. The number of rotatable bonds is 5. The van der Waals surface area contributed by atoms with Gasteiger partial charge in [-0.15, -0.1) is 0 Å². The first-order chi connectivity index (χ1) is 17.3. The predicted octanol–water partition coefficient (Wildman–Crippen LogP) is 5.11. The third-order valence-corrected chi connectivity index (χ3v) is 6.47. The number of benzene rings is 1. The predicted molar refractivity (Wildman–Crippen MR) is 134 cm³/mol. The van der Waals surface area contributed by atoms with E-state index in [1.54, 1.807) is 37.1 Å². The van der Waals surface area contributed by atoms with Crippen molar-refractivity contribution in [3.8, 4) is 22.4 Å². The zero-order valence-electron chi connectivity index (χ0n) is 20.0. The van der Waals surface area contributed by atoms with Gasteiger partial charge in [0.25, 0.3) is 0 Å². The first kappa shape index (κ1) is 22.2. The van der Waals surface area contributed by atoms with Crippen LogP contribution in [-0.2, 0) is 12.1 Å². The van der Waals surface area contributed by atoms with E-state index in [0.717, 1.165) is 5.56 Å². The number of halogens is 2. The lowest BCUT2D eigenvalue weighted by Crippen LogP contribution is -2.44. The van der Waals surface area contributed by atoms with Gasteiger partial charge in [-0.2, -0.15) is 0 Å². The number of aromatic nitrogens is 5. The second-order valence-electron chi connectivity index (χ2n) is 9.46. The maximum absolute atomic E-state index is 16.0. The molecule has 1 aliphatic rings. The minimum atomic E-state index is -0.913. The molecule has 1 aliphatic heterocycles. The van der Waals surface area contributed by atoms with Gasteiger partial charge in [0.05, 0.1) is 29.1 Å². The average molecular weight is 484 g/mol. The quantitative estimate of drug-likeness (QED) is 0.362. The Bertz CT molecular complexity index is 1630. The molecule has 1 unspecified atom stereocenters. The van der Waals surface area contributed by atoms with E-state index in [0.29, 0.717) is 51.3 Å². The van der Waals surface area contributed by atoms with Crippen LogP contribution in [-0.4, -0.2) is 43.9 Å². The third-order valence-electron chi connectivity index (χ3n) is 6.47. The molecule has 0 aliphatic carbocycles. The lowest BCUT2D eigenvalue weighted by Gasteiger charge is -2.41. The van der Waals surface area contributed by atoms with E-state index < -0.39 is 11.4 Å². The topological polar surface area (TPSA) is 82.6 Å². The number of H-pyrrole nitrogens is 1. The van der Waals surface area contributed by atoms with Crippen molar-refractivity contribution >= 4 is 16.7 Å².